The van der Waals surface area contributed by atoms with Crippen LogP contribution in [0.3, 0.4) is 0 Å². The maximum atomic E-state index is 2.54. The van der Waals surface area contributed by atoms with Crippen LogP contribution in [0.25, 0.3) is 0 Å². The quantitative estimate of drug-likeness (QED) is 0.601. The van der Waals surface area contributed by atoms with E-state index < -0.39 is 8.07 Å². The van der Waals surface area contributed by atoms with Gasteiger partial charge >= 0.3 is 0 Å². The third-order valence-electron chi connectivity index (χ3n) is 3.95. The van der Waals surface area contributed by atoms with Crippen LogP contribution in [0.2, 0.25) is 18.1 Å². The number of allylic oxidation sites excluding steroid dienone is 4. The van der Waals surface area contributed by atoms with Gasteiger partial charge in [0.2, 0.25) is 0 Å². The summed E-state index contributed by atoms with van der Waals surface area (Å²) >= 11 is 0. The molecule has 1 fully saturated rings. The molecule has 1 saturated heterocycles. The van der Waals surface area contributed by atoms with Crippen LogP contribution in [-0.4, -0.2) is 8.07 Å². The molecule has 0 N–H and O–H groups in total. The van der Waals surface area contributed by atoms with Crippen LogP contribution in [0.15, 0.2) is 23.4 Å². The Morgan fingerprint density at radius 3 is 2.64 bits per heavy atom. The van der Waals surface area contributed by atoms with Gasteiger partial charge in [0.1, 0.15) is 0 Å². The van der Waals surface area contributed by atoms with Gasteiger partial charge in [-0.2, -0.15) is 0 Å². The van der Waals surface area contributed by atoms with Crippen molar-refractivity contribution in [3.63, 3.8) is 0 Å². The SMILES string of the molecule is CCCC[Si]1(C2=CC(C)C=C2)CCC1. The monoisotopic (exact) mass is 206 g/mol. The molecule has 14 heavy (non-hydrogen) atoms. The molecule has 1 atom stereocenters. The molecule has 0 amide bonds. The summed E-state index contributed by atoms with van der Waals surface area (Å²) in [7, 11) is -0.898. The zero-order valence-electron chi connectivity index (χ0n) is 9.55. The number of hydrogen-bond acceptors (Lipinski definition) is 0. The number of hydrogen-bond donors (Lipinski definition) is 0. The molecule has 0 nitrogen and oxygen atoms in total. The van der Waals surface area contributed by atoms with Crippen molar-refractivity contribution in [2.24, 2.45) is 5.92 Å². The normalized spacial score (nSPS) is 28.7. The Hall–Kier alpha value is -0.303. The summed E-state index contributed by atoms with van der Waals surface area (Å²) < 4.78 is 0. The van der Waals surface area contributed by atoms with Crippen LogP contribution >= 0.6 is 0 Å². The van der Waals surface area contributed by atoms with Gasteiger partial charge in [-0.3, -0.25) is 0 Å². The molecule has 0 bridgehead atoms. The molecule has 0 spiro atoms. The Labute approximate surface area is 89.1 Å². The standard InChI is InChI=1S/C13H22Si/c1-3-4-8-14(9-5-10-14)13-7-6-12(2)11-13/h6-7,11-12H,3-5,8-10H2,1-2H3. The van der Waals surface area contributed by atoms with Gasteiger partial charge in [-0.25, -0.2) is 0 Å². The first-order valence-corrected chi connectivity index (χ1v) is 8.79. The average molecular weight is 206 g/mol. The van der Waals surface area contributed by atoms with E-state index in [0.29, 0.717) is 0 Å². The van der Waals surface area contributed by atoms with E-state index in [-0.39, 0.29) is 0 Å². The molecule has 0 aromatic carbocycles. The molecular weight excluding hydrogens is 184 g/mol. The van der Waals surface area contributed by atoms with E-state index in [9.17, 15) is 0 Å². The van der Waals surface area contributed by atoms with Crippen molar-refractivity contribution in [3.05, 3.63) is 23.4 Å². The number of rotatable bonds is 4. The molecule has 78 valence electrons. The highest BCUT2D eigenvalue weighted by molar-refractivity contribution is 6.89. The Kier molecular flexibility index (Phi) is 2.96. The first kappa shape index (κ1) is 10.2. The van der Waals surface area contributed by atoms with Crippen LogP contribution < -0.4 is 0 Å². The van der Waals surface area contributed by atoms with E-state index in [1.54, 1.807) is 23.3 Å². The van der Waals surface area contributed by atoms with Crippen molar-refractivity contribution < 1.29 is 0 Å². The third-order valence-corrected chi connectivity index (χ3v) is 9.44. The van der Waals surface area contributed by atoms with Gasteiger partial charge in [0, 0.05) is 0 Å². The van der Waals surface area contributed by atoms with Crippen molar-refractivity contribution in [3.8, 4) is 0 Å². The third kappa shape index (κ3) is 1.74. The van der Waals surface area contributed by atoms with Crippen molar-refractivity contribution in [1.29, 1.82) is 0 Å². The lowest BCUT2D eigenvalue weighted by Gasteiger charge is -2.41. The molecule has 1 heterocycles. The Morgan fingerprint density at radius 1 is 1.43 bits per heavy atom. The van der Waals surface area contributed by atoms with Gasteiger partial charge in [0.25, 0.3) is 0 Å². The molecule has 2 rings (SSSR count). The fraction of sp³-hybridized carbons (Fsp3) is 0.692. The minimum absolute atomic E-state index is 0.719. The topological polar surface area (TPSA) is 0 Å². The highest BCUT2D eigenvalue weighted by Gasteiger charge is 2.41. The Morgan fingerprint density at radius 2 is 2.21 bits per heavy atom. The highest BCUT2D eigenvalue weighted by Crippen LogP contribution is 2.44. The fourth-order valence-electron chi connectivity index (χ4n) is 2.81. The van der Waals surface area contributed by atoms with Crippen molar-refractivity contribution in [1.82, 2.24) is 0 Å². The molecule has 1 unspecified atom stereocenters. The summed E-state index contributed by atoms with van der Waals surface area (Å²) in [6, 6.07) is 4.72. The van der Waals surface area contributed by atoms with E-state index in [4.69, 9.17) is 0 Å². The average Bonchev–Trinajstić information content (AvgIpc) is 2.51. The van der Waals surface area contributed by atoms with E-state index >= 15 is 0 Å². The summed E-state index contributed by atoms with van der Waals surface area (Å²) in [6.07, 6.45) is 11.7. The second kappa shape index (κ2) is 4.06. The largest absolute Gasteiger partial charge is 0.0862 e. The smallest absolute Gasteiger partial charge is 0.0786 e. The second-order valence-electron chi connectivity index (χ2n) is 5.08. The van der Waals surface area contributed by atoms with Crippen LogP contribution in [0, 0.1) is 5.92 Å². The summed E-state index contributed by atoms with van der Waals surface area (Å²) in [5, 5.41) is 1.80. The lowest BCUT2D eigenvalue weighted by atomic mass is 10.2. The van der Waals surface area contributed by atoms with Gasteiger partial charge < -0.3 is 0 Å². The van der Waals surface area contributed by atoms with E-state index in [2.05, 4.69) is 32.1 Å². The molecule has 0 saturated carbocycles. The Bertz CT molecular complexity index is 258. The van der Waals surface area contributed by atoms with Crippen molar-refractivity contribution in [2.45, 2.75) is 51.2 Å². The van der Waals surface area contributed by atoms with E-state index in [1.165, 1.54) is 19.3 Å². The zero-order valence-corrected chi connectivity index (χ0v) is 10.6. The van der Waals surface area contributed by atoms with Crippen molar-refractivity contribution in [2.75, 3.05) is 0 Å². The molecule has 1 heteroatoms. The summed E-state index contributed by atoms with van der Waals surface area (Å²) in [5.74, 6) is 0.719. The first-order valence-electron chi connectivity index (χ1n) is 6.17. The Balaban J connectivity index is 2.05. The van der Waals surface area contributed by atoms with E-state index in [1.807, 2.05) is 0 Å². The molecular formula is C13H22Si. The molecule has 1 aliphatic heterocycles. The lowest BCUT2D eigenvalue weighted by molar-refractivity contribution is 0.809. The fourth-order valence-corrected chi connectivity index (χ4v) is 7.47. The second-order valence-corrected chi connectivity index (χ2v) is 9.72. The van der Waals surface area contributed by atoms with Gasteiger partial charge in [0.05, 0.1) is 8.07 Å². The van der Waals surface area contributed by atoms with Crippen LogP contribution in [0.1, 0.15) is 33.1 Å². The minimum Gasteiger partial charge on any atom is -0.0786 e. The summed E-state index contributed by atoms with van der Waals surface area (Å²) in [5.41, 5.74) is 0. The maximum Gasteiger partial charge on any atom is 0.0862 e. The van der Waals surface area contributed by atoms with Crippen molar-refractivity contribution >= 4 is 8.07 Å². The number of unbranched alkanes of at least 4 members (excludes halogenated alkanes) is 1. The zero-order chi connectivity index (χ0) is 10.0. The van der Waals surface area contributed by atoms with Gasteiger partial charge in [-0.1, -0.05) is 74.7 Å². The van der Waals surface area contributed by atoms with Crippen LogP contribution in [0.5, 0.6) is 0 Å². The van der Waals surface area contributed by atoms with Gasteiger partial charge in [-0.15, -0.1) is 0 Å². The van der Waals surface area contributed by atoms with Crippen LogP contribution in [-0.2, 0) is 0 Å². The summed E-state index contributed by atoms with van der Waals surface area (Å²) in [6.45, 7) is 4.63. The first-order chi connectivity index (χ1) is 6.77. The predicted molar refractivity (Wildman–Crippen MR) is 66.1 cm³/mol. The highest BCUT2D eigenvalue weighted by atomic mass is 28.3. The van der Waals surface area contributed by atoms with Crippen LogP contribution in [0.4, 0.5) is 0 Å². The molecule has 0 aromatic rings. The molecule has 2 aliphatic rings. The molecule has 0 aromatic heterocycles. The lowest BCUT2D eigenvalue weighted by Crippen LogP contribution is -2.43. The molecule has 0 radical (unpaired) electrons. The van der Waals surface area contributed by atoms with E-state index in [0.717, 1.165) is 5.92 Å². The molecule has 1 aliphatic carbocycles. The van der Waals surface area contributed by atoms with Gasteiger partial charge in [-0.05, 0) is 5.92 Å². The predicted octanol–water partition coefficient (Wildman–Crippen LogP) is 4.31. The van der Waals surface area contributed by atoms with Gasteiger partial charge in [0.15, 0.2) is 0 Å². The maximum absolute atomic E-state index is 2.54. The summed E-state index contributed by atoms with van der Waals surface area (Å²) in [4.78, 5) is 0. The minimum atomic E-state index is -0.898.